The van der Waals surface area contributed by atoms with E-state index >= 15 is 0 Å². The molecule has 2 aromatic rings. The molecule has 0 radical (unpaired) electrons. The maximum Gasteiger partial charge on any atom is 0.269 e. The van der Waals surface area contributed by atoms with Crippen LogP contribution in [0.2, 0.25) is 0 Å². The van der Waals surface area contributed by atoms with Crippen LogP contribution in [0.15, 0.2) is 48.5 Å². The Morgan fingerprint density at radius 1 is 1.16 bits per heavy atom. The second kappa shape index (κ2) is 4.72. The molecule has 1 unspecified atom stereocenters. The molecule has 0 spiro atoms. The van der Waals surface area contributed by atoms with Crippen LogP contribution in [0.1, 0.15) is 23.5 Å². The van der Waals surface area contributed by atoms with Crippen LogP contribution < -0.4 is 4.74 Å². The summed E-state index contributed by atoms with van der Waals surface area (Å²) in [7, 11) is 0. The average molecular weight is 255 g/mol. The van der Waals surface area contributed by atoms with Gasteiger partial charge in [0.25, 0.3) is 5.69 Å². The molecule has 1 aliphatic rings. The number of benzene rings is 2. The highest BCUT2D eigenvalue weighted by Gasteiger charge is 2.23. The van der Waals surface area contributed by atoms with Gasteiger partial charge in [-0.1, -0.05) is 30.3 Å². The number of nitrogens with zero attached hydrogens (tertiary/aromatic N) is 1. The van der Waals surface area contributed by atoms with Gasteiger partial charge in [0.2, 0.25) is 0 Å². The van der Waals surface area contributed by atoms with Gasteiger partial charge in [-0.2, -0.15) is 0 Å². The van der Waals surface area contributed by atoms with Crippen molar-refractivity contribution in [3.8, 4) is 5.75 Å². The van der Waals surface area contributed by atoms with E-state index in [9.17, 15) is 10.1 Å². The summed E-state index contributed by atoms with van der Waals surface area (Å²) in [6, 6.07) is 14.7. The molecule has 1 atom stereocenters. The maximum absolute atomic E-state index is 10.9. The van der Waals surface area contributed by atoms with Gasteiger partial charge in [0.15, 0.2) is 0 Å². The summed E-state index contributed by atoms with van der Waals surface area (Å²) in [6.07, 6.45) is 0.845. The highest BCUT2D eigenvalue weighted by molar-refractivity contribution is 5.46. The molecule has 0 N–H and O–H groups in total. The molecular weight excluding hydrogens is 242 g/mol. The van der Waals surface area contributed by atoms with Crippen molar-refractivity contribution in [3.63, 3.8) is 0 Å². The van der Waals surface area contributed by atoms with Gasteiger partial charge in [-0.3, -0.25) is 10.1 Å². The Balaban J connectivity index is 2.04. The Labute approximate surface area is 110 Å². The smallest absolute Gasteiger partial charge is 0.269 e. The van der Waals surface area contributed by atoms with Gasteiger partial charge in [-0.15, -0.1) is 0 Å². The Morgan fingerprint density at radius 3 is 2.84 bits per heavy atom. The molecule has 0 saturated carbocycles. The predicted molar refractivity (Wildman–Crippen MR) is 71.5 cm³/mol. The summed E-state index contributed by atoms with van der Waals surface area (Å²) in [4.78, 5) is 10.5. The number of non-ortho nitro benzene ring substituents is 1. The lowest BCUT2D eigenvalue weighted by Gasteiger charge is -2.26. The molecule has 0 bridgehead atoms. The van der Waals surface area contributed by atoms with Crippen LogP contribution in [0.25, 0.3) is 0 Å². The monoisotopic (exact) mass is 255 g/mol. The highest BCUT2D eigenvalue weighted by atomic mass is 16.6. The van der Waals surface area contributed by atoms with E-state index in [1.54, 1.807) is 12.1 Å². The molecule has 2 aromatic carbocycles. The van der Waals surface area contributed by atoms with E-state index in [1.807, 2.05) is 30.3 Å². The fourth-order valence-corrected chi connectivity index (χ4v) is 2.54. The number of fused-ring (bicyclic) bond motifs is 1. The molecule has 0 saturated heterocycles. The van der Waals surface area contributed by atoms with E-state index in [2.05, 4.69) is 0 Å². The fourth-order valence-electron chi connectivity index (χ4n) is 2.54. The van der Waals surface area contributed by atoms with Crippen molar-refractivity contribution in [1.29, 1.82) is 0 Å². The van der Waals surface area contributed by atoms with E-state index in [0.717, 1.165) is 23.3 Å². The second-order valence-electron chi connectivity index (χ2n) is 4.58. The minimum atomic E-state index is -0.352. The quantitative estimate of drug-likeness (QED) is 0.609. The lowest BCUT2D eigenvalue weighted by atomic mass is 9.86. The predicted octanol–water partition coefficient (Wildman–Crippen LogP) is 3.51. The minimum absolute atomic E-state index is 0.140. The van der Waals surface area contributed by atoms with Crippen LogP contribution in [-0.2, 0) is 0 Å². The Hall–Kier alpha value is -2.36. The van der Waals surface area contributed by atoms with E-state index in [0.29, 0.717) is 6.61 Å². The topological polar surface area (TPSA) is 52.4 Å². The maximum atomic E-state index is 10.9. The van der Waals surface area contributed by atoms with Crippen molar-refractivity contribution < 1.29 is 9.66 Å². The lowest BCUT2D eigenvalue weighted by molar-refractivity contribution is -0.384. The van der Waals surface area contributed by atoms with Crippen molar-refractivity contribution >= 4 is 5.69 Å². The van der Waals surface area contributed by atoms with E-state index in [4.69, 9.17) is 4.74 Å². The molecule has 1 aliphatic heterocycles. The SMILES string of the molecule is O=[N+]([O-])c1cccc(C2CCOc3ccccc32)c1. The molecule has 0 amide bonds. The summed E-state index contributed by atoms with van der Waals surface area (Å²) in [5.74, 6) is 1.05. The van der Waals surface area contributed by atoms with Gasteiger partial charge in [0.1, 0.15) is 5.75 Å². The van der Waals surface area contributed by atoms with Gasteiger partial charge in [0, 0.05) is 23.6 Å². The normalized spacial score (nSPS) is 17.4. The first-order valence-electron chi connectivity index (χ1n) is 6.22. The molecule has 0 aliphatic carbocycles. The largest absolute Gasteiger partial charge is 0.493 e. The number of hydrogen-bond acceptors (Lipinski definition) is 3. The average Bonchev–Trinajstić information content (AvgIpc) is 2.47. The Morgan fingerprint density at radius 2 is 2.00 bits per heavy atom. The second-order valence-corrected chi connectivity index (χ2v) is 4.58. The first kappa shape index (κ1) is 11.7. The van der Waals surface area contributed by atoms with E-state index in [-0.39, 0.29) is 16.5 Å². The zero-order valence-electron chi connectivity index (χ0n) is 10.3. The molecule has 96 valence electrons. The molecule has 0 fully saturated rings. The Bertz CT molecular complexity index is 624. The number of ether oxygens (including phenoxy) is 1. The Kier molecular flexibility index (Phi) is 2.91. The van der Waals surface area contributed by atoms with E-state index < -0.39 is 0 Å². The summed E-state index contributed by atoms with van der Waals surface area (Å²) in [5.41, 5.74) is 2.22. The third-order valence-electron chi connectivity index (χ3n) is 3.44. The van der Waals surface area contributed by atoms with Gasteiger partial charge < -0.3 is 4.74 Å². The standard InChI is InChI=1S/C15H13NO3/c17-16(18)12-5-3-4-11(10-12)13-8-9-19-15-7-2-1-6-14(13)15/h1-7,10,13H,8-9H2. The molecule has 19 heavy (non-hydrogen) atoms. The summed E-state index contributed by atoms with van der Waals surface area (Å²) in [6.45, 7) is 0.643. The molecule has 1 heterocycles. The number of nitro benzene ring substituents is 1. The van der Waals surface area contributed by atoms with Gasteiger partial charge >= 0.3 is 0 Å². The lowest BCUT2D eigenvalue weighted by Crippen LogP contribution is -2.15. The number of nitro groups is 1. The summed E-state index contributed by atoms with van der Waals surface area (Å²) >= 11 is 0. The molecular formula is C15H13NO3. The van der Waals surface area contributed by atoms with Crippen LogP contribution >= 0.6 is 0 Å². The third-order valence-corrected chi connectivity index (χ3v) is 3.44. The van der Waals surface area contributed by atoms with E-state index in [1.165, 1.54) is 6.07 Å². The van der Waals surface area contributed by atoms with Gasteiger partial charge in [-0.05, 0) is 18.1 Å². The highest BCUT2D eigenvalue weighted by Crippen LogP contribution is 2.38. The summed E-state index contributed by atoms with van der Waals surface area (Å²) in [5, 5.41) is 10.9. The van der Waals surface area contributed by atoms with Crippen LogP contribution in [-0.4, -0.2) is 11.5 Å². The van der Waals surface area contributed by atoms with Crippen molar-refractivity contribution in [2.24, 2.45) is 0 Å². The zero-order valence-corrected chi connectivity index (χ0v) is 10.3. The van der Waals surface area contributed by atoms with Crippen molar-refractivity contribution in [3.05, 3.63) is 69.8 Å². The van der Waals surface area contributed by atoms with Crippen molar-refractivity contribution in [2.45, 2.75) is 12.3 Å². The first-order valence-corrected chi connectivity index (χ1v) is 6.22. The van der Waals surface area contributed by atoms with Crippen molar-refractivity contribution in [2.75, 3.05) is 6.61 Å². The van der Waals surface area contributed by atoms with Crippen LogP contribution in [0.3, 0.4) is 0 Å². The number of hydrogen-bond donors (Lipinski definition) is 0. The number of rotatable bonds is 2. The number of para-hydroxylation sites is 1. The van der Waals surface area contributed by atoms with Crippen molar-refractivity contribution in [1.82, 2.24) is 0 Å². The summed E-state index contributed by atoms with van der Waals surface area (Å²) < 4.78 is 5.62. The molecule has 4 heteroatoms. The zero-order chi connectivity index (χ0) is 13.2. The first-order chi connectivity index (χ1) is 9.25. The third kappa shape index (κ3) is 2.17. The minimum Gasteiger partial charge on any atom is -0.493 e. The van der Waals surface area contributed by atoms with Gasteiger partial charge in [-0.25, -0.2) is 0 Å². The fraction of sp³-hybridized carbons (Fsp3) is 0.200. The molecule has 3 rings (SSSR count). The molecule has 4 nitrogen and oxygen atoms in total. The van der Waals surface area contributed by atoms with Crippen LogP contribution in [0.4, 0.5) is 5.69 Å². The van der Waals surface area contributed by atoms with Crippen LogP contribution in [0, 0.1) is 10.1 Å². The molecule has 0 aromatic heterocycles. The van der Waals surface area contributed by atoms with Crippen LogP contribution in [0.5, 0.6) is 5.75 Å². The van der Waals surface area contributed by atoms with Gasteiger partial charge in [0.05, 0.1) is 11.5 Å².